The molecule has 3 nitrogen and oxygen atoms in total. The highest BCUT2D eigenvalue weighted by Crippen LogP contribution is 2.31. The molecule has 0 radical (unpaired) electrons. The Bertz CT molecular complexity index is 386. The maximum atomic E-state index is 5.63. The van der Waals surface area contributed by atoms with Crippen LogP contribution in [-0.2, 0) is 0 Å². The van der Waals surface area contributed by atoms with Crippen LogP contribution in [0.25, 0.3) is 0 Å². The summed E-state index contributed by atoms with van der Waals surface area (Å²) in [7, 11) is 0. The first-order valence-corrected chi connectivity index (χ1v) is 6.05. The van der Waals surface area contributed by atoms with E-state index in [0.29, 0.717) is 5.84 Å². The maximum Gasteiger partial charge on any atom is 0.115 e. The van der Waals surface area contributed by atoms with Crippen LogP contribution >= 0.6 is 11.6 Å². The summed E-state index contributed by atoms with van der Waals surface area (Å²) >= 11 is 5.62. The number of nitrogens with one attached hydrogen (secondary N) is 1. The Labute approximate surface area is 101 Å². The summed E-state index contributed by atoms with van der Waals surface area (Å²) in [4.78, 5) is 4.28. The third-order valence-corrected chi connectivity index (χ3v) is 2.86. The van der Waals surface area contributed by atoms with Crippen LogP contribution in [0, 0.1) is 5.92 Å². The molecule has 1 aromatic carbocycles. The van der Waals surface area contributed by atoms with E-state index in [4.69, 9.17) is 17.3 Å². The Morgan fingerprint density at radius 2 is 2.19 bits per heavy atom. The molecule has 16 heavy (non-hydrogen) atoms. The third-order valence-electron chi connectivity index (χ3n) is 2.58. The van der Waals surface area contributed by atoms with Gasteiger partial charge in [-0.15, -0.1) is 11.6 Å². The number of benzene rings is 1. The highest BCUT2D eigenvalue weighted by molar-refractivity contribution is 6.28. The van der Waals surface area contributed by atoms with Gasteiger partial charge in [-0.1, -0.05) is 12.1 Å². The van der Waals surface area contributed by atoms with Crippen molar-refractivity contribution in [3.8, 4) is 0 Å². The van der Waals surface area contributed by atoms with Crippen LogP contribution in [0.5, 0.6) is 0 Å². The number of para-hydroxylation sites is 2. The molecule has 0 atom stereocenters. The fourth-order valence-electron chi connectivity index (χ4n) is 1.48. The molecule has 0 amide bonds. The van der Waals surface area contributed by atoms with Crippen molar-refractivity contribution in [1.29, 1.82) is 0 Å². The topological polar surface area (TPSA) is 50.4 Å². The van der Waals surface area contributed by atoms with Gasteiger partial charge in [-0.05, 0) is 30.9 Å². The number of nitrogens with two attached hydrogens (primary N) is 1. The van der Waals surface area contributed by atoms with E-state index in [0.717, 1.165) is 23.8 Å². The van der Waals surface area contributed by atoms with Crippen molar-refractivity contribution in [2.24, 2.45) is 16.6 Å². The zero-order chi connectivity index (χ0) is 11.4. The molecule has 1 saturated carbocycles. The summed E-state index contributed by atoms with van der Waals surface area (Å²) in [6, 6.07) is 7.89. The average Bonchev–Trinajstić information content (AvgIpc) is 3.11. The first-order valence-electron chi connectivity index (χ1n) is 5.51. The molecule has 1 aliphatic rings. The predicted molar refractivity (Wildman–Crippen MR) is 69.7 cm³/mol. The van der Waals surface area contributed by atoms with E-state index in [1.165, 1.54) is 12.8 Å². The van der Waals surface area contributed by atoms with Gasteiger partial charge in [0.15, 0.2) is 0 Å². The Hall–Kier alpha value is -1.22. The van der Waals surface area contributed by atoms with Crippen LogP contribution in [0.2, 0.25) is 0 Å². The van der Waals surface area contributed by atoms with Gasteiger partial charge in [-0.3, -0.25) is 0 Å². The van der Waals surface area contributed by atoms with Gasteiger partial charge in [0.25, 0.3) is 0 Å². The first kappa shape index (κ1) is 11.3. The van der Waals surface area contributed by atoms with Crippen LogP contribution in [0.4, 0.5) is 11.4 Å². The van der Waals surface area contributed by atoms with Gasteiger partial charge >= 0.3 is 0 Å². The molecule has 0 heterocycles. The van der Waals surface area contributed by atoms with Gasteiger partial charge in [-0.25, -0.2) is 4.99 Å². The van der Waals surface area contributed by atoms with Crippen LogP contribution in [0.3, 0.4) is 0 Å². The molecular weight excluding hydrogens is 222 g/mol. The highest BCUT2D eigenvalue weighted by atomic mass is 35.5. The first-order chi connectivity index (χ1) is 7.79. The lowest BCUT2D eigenvalue weighted by molar-refractivity contribution is 0.889. The number of nitrogens with zero attached hydrogens (tertiary/aromatic N) is 1. The second-order valence-corrected chi connectivity index (χ2v) is 4.35. The van der Waals surface area contributed by atoms with E-state index >= 15 is 0 Å². The monoisotopic (exact) mass is 237 g/mol. The van der Waals surface area contributed by atoms with Crippen LogP contribution in [0.1, 0.15) is 12.8 Å². The molecule has 86 valence electrons. The van der Waals surface area contributed by atoms with Gasteiger partial charge in [0, 0.05) is 6.54 Å². The molecule has 0 bridgehead atoms. The maximum absolute atomic E-state index is 5.63. The Kier molecular flexibility index (Phi) is 3.67. The molecule has 1 aromatic rings. The number of halogens is 1. The summed E-state index contributed by atoms with van der Waals surface area (Å²) in [5, 5.41) is 3.40. The minimum Gasteiger partial charge on any atom is -0.386 e. The lowest BCUT2D eigenvalue weighted by Crippen LogP contribution is -2.12. The summed E-state index contributed by atoms with van der Waals surface area (Å²) in [6.07, 6.45) is 2.67. The van der Waals surface area contributed by atoms with E-state index in [2.05, 4.69) is 10.3 Å². The van der Waals surface area contributed by atoms with Crippen molar-refractivity contribution < 1.29 is 0 Å². The zero-order valence-corrected chi connectivity index (χ0v) is 9.87. The molecule has 1 fully saturated rings. The van der Waals surface area contributed by atoms with E-state index in [1.807, 2.05) is 24.3 Å². The van der Waals surface area contributed by atoms with E-state index in [1.54, 1.807) is 0 Å². The average molecular weight is 238 g/mol. The zero-order valence-electron chi connectivity index (χ0n) is 9.12. The smallest absolute Gasteiger partial charge is 0.115 e. The van der Waals surface area contributed by atoms with Gasteiger partial charge in [0.2, 0.25) is 0 Å². The molecular formula is C12H16ClN3. The Morgan fingerprint density at radius 1 is 1.44 bits per heavy atom. The van der Waals surface area contributed by atoms with Gasteiger partial charge in [-0.2, -0.15) is 0 Å². The predicted octanol–water partition coefficient (Wildman–Crippen LogP) is 2.74. The fourth-order valence-corrected chi connectivity index (χ4v) is 1.54. The summed E-state index contributed by atoms with van der Waals surface area (Å²) in [5.41, 5.74) is 7.52. The number of hydrogen-bond acceptors (Lipinski definition) is 2. The van der Waals surface area contributed by atoms with Crippen LogP contribution < -0.4 is 11.1 Å². The summed E-state index contributed by atoms with van der Waals surface area (Å²) in [5.74, 6) is 1.54. The van der Waals surface area contributed by atoms with E-state index < -0.39 is 0 Å². The van der Waals surface area contributed by atoms with Gasteiger partial charge < -0.3 is 11.1 Å². The highest BCUT2D eigenvalue weighted by Gasteiger charge is 2.20. The summed E-state index contributed by atoms with van der Waals surface area (Å²) < 4.78 is 0. The SMILES string of the molecule is NC(CCl)=Nc1ccccc1NCC1CC1. The minimum atomic E-state index is 0.261. The number of alkyl halides is 1. The molecule has 4 heteroatoms. The Morgan fingerprint density at radius 3 is 2.88 bits per heavy atom. The van der Waals surface area contributed by atoms with E-state index in [9.17, 15) is 0 Å². The lowest BCUT2D eigenvalue weighted by Gasteiger charge is -2.08. The van der Waals surface area contributed by atoms with Crippen molar-refractivity contribution in [2.75, 3.05) is 17.7 Å². The molecule has 0 unspecified atom stereocenters. The minimum absolute atomic E-state index is 0.261. The van der Waals surface area contributed by atoms with E-state index in [-0.39, 0.29) is 5.88 Å². The number of rotatable bonds is 5. The molecule has 0 spiro atoms. The second kappa shape index (κ2) is 5.21. The van der Waals surface area contributed by atoms with Crippen molar-refractivity contribution >= 4 is 28.8 Å². The largest absolute Gasteiger partial charge is 0.386 e. The number of anilines is 1. The number of aliphatic imine (C=N–C) groups is 1. The lowest BCUT2D eigenvalue weighted by atomic mass is 10.2. The molecule has 2 rings (SSSR count). The van der Waals surface area contributed by atoms with Crippen molar-refractivity contribution in [1.82, 2.24) is 0 Å². The fraction of sp³-hybridized carbons (Fsp3) is 0.417. The standard InChI is InChI=1S/C12H16ClN3/c13-7-12(14)16-11-4-2-1-3-10(11)15-8-9-5-6-9/h1-4,9,15H,5-8H2,(H2,14,16). The van der Waals surface area contributed by atoms with Crippen LogP contribution in [0.15, 0.2) is 29.3 Å². The quantitative estimate of drug-likeness (QED) is 0.470. The number of amidine groups is 1. The molecule has 0 aromatic heterocycles. The molecule has 1 aliphatic carbocycles. The number of hydrogen-bond donors (Lipinski definition) is 2. The van der Waals surface area contributed by atoms with Crippen molar-refractivity contribution in [3.05, 3.63) is 24.3 Å². The third kappa shape index (κ3) is 3.14. The van der Waals surface area contributed by atoms with Gasteiger partial charge in [0.1, 0.15) is 5.84 Å². The normalized spacial score (nSPS) is 16.2. The second-order valence-electron chi connectivity index (χ2n) is 4.08. The molecule has 0 aliphatic heterocycles. The van der Waals surface area contributed by atoms with Gasteiger partial charge in [0.05, 0.1) is 17.3 Å². The summed E-state index contributed by atoms with van der Waals surface area (Å²) in [6.45, 7) is 1.02. The Balaban J connectivity index is 2.09. The molecule has 0 saturated heterocycles. The van der Waals surface area contributed by atoms with Crippen molar-refractivity contribution in [3.63, 3.8) is 0 Å². The van der Waals surface area contributed by atoms with Crippen molar-refractivity contribution in [2.45, 2.75) is 12.8 Å². The molecule has 3 N–H and O–H groups in total. The van der Waals surface area contributed by atoms with Crippen LogP contribution in [-0.4, -0.2) is 18.3 Å².